The number of nitrogens with one attached hydrogen (secondary N) is 3. The lowest BCUT2D eigenvalue weighted by molar-refractivity contribution is 0.0945. The van der Waals surface area contributed by atoms with Crippen LogP contribution in [0.2, 0.25) is 0 Å². The summed E-state index contributed by atoms with van der Waals surface area (Å²) >= 11 is 0. The first kappa shape index (κ1) is 13.7. The molecule has 2 aromatic rings. The Morgan fingerprint density at radius 1 is 1.52 bits per heavy atom. The molecule has 1 fully saturated rings. The van der Waals surface area contributed by atoms with Crippen molar-refractivity contribution in [1.82, 2.24) is 35.6 Å². The molecule has 0 saturated carbocycles. The summed E-state index contributed by atoms with van der Waals surface area (Å²) in [4.78, 5) is 18.9. The molecule has 21 heavy (non-hydrogen) atoms. The summed E-state index contributed by atoms with van der Waals surface area (Å²) in [6, 6.07) is 0. The van der Waals surface area contributed by atoms with Crippen LogP contribution < -0.4 is 10.6 Å². The van der Waals surface area contributed by atoms with Crippen molar-refractivity contribution in [3.8, 4) is 0 Å². The summed E-state index contributed by atoms with van der Waals surface area (Å²) in [6.45, 7) is 3.24. The van der Waals surface area contributed by atoms with Crippen LogP contribution in [0.3, 0.4) is 0 Å². The van der Waals surface area contributed by atoms with Crippen molar-refractivity contribution in [2.45, 2.75) is 25.9 Å². The lowest BCUT2D eigenvalue weighted by Crippen LogP contribution is -2.32. The predicted molar refractivity (Wildman–Crippen MR) is 75.4 cm³/mol. The summed E-state index contributed by atoms with van der Waals surface area (Å²) in [5.41, 5.74) is 0.338. The number of rotatable bonds is 5. The number of nitrogens with zero attached hydrogens (tertiary/aromatic N) is 4. The molecule has 2 aromatic heterocycles. The molecule has 3 N–H and O–H groups in total. The predicted octanol–water partition coefficient (Wildman–Crippen LogP) is -0.0692. The zero-order valence-corrected chi connectivity index (χ0v) is 11.7. The monoisotopic (exact) mass is 289 g/mol. The zero-order valence-electron chi connectivity index (χ0n) is 11.7. The van der Waals surface area contributed by atoms with E-state index in [1.165, 1.54) is 12.8 Å². The van der Waals surface area contributed by atoms with E-state index in [9.17, 15) is 4.79 Å². The molecule has 0 unspecified atom stereocenters. The fraction of sp³-hybridized carbons (Fsp3) is 0.538. The van der Waals surface area contributed by atoms with Crippen LogP contribution in [0.1, 0.15) is 29.2 Å². The largest absolute Gasteiger partial charge is 0.347 e. The Hall–Kier alpha value is -2.22. The van der Waals surface area contributed by atoms with E-state index < -0.39 is 0 Å². The number of aromatic amines is 1. The van der Waals surface area contributed by atoms with Gasteiger partial charge in [-0.2, -0.15) is 0 Å². The summed E-state index contributed by atoms with van der Waals surface area (Å²) in [5, 5.41) is 14.1. The summed E-state index contributed by atoms with van der Waals surface area (Å²) in [6.07, 6.45) is 7.45. The maximum absolute atomic E-state index is 12.0. The summed E-state index contributed by atoms with van der Waals surface area (Å²) in [5.74, 6) is 1.03. The fourth-order valence-electron chi connectivity index (χ4n) is 2.49. The van der Waals surface area contributed by atoms with Crippen molar-refractivity contribution in [3.63, 3.8) is 0 Å². The maximum Gasteiger partial charge on any atom is 0.273 e. The van der Waals surface area contributed by atoms with E-state index in [1.807, 2.05) is 0 Å². The van der Waals surface area contributed by atoms with E-state index in [0.29, 0.717) is 24.0 Å². The fourth-order valence-corrected chi connectivity index (χ4v) is 2.49. The average molecular weight is 289 g/mol. The number of hydrogen-bond acceptors (Lipinski definition) is 5. The van der Waals surface area contributed by atoms with E-state index in [4.69, 9.17) is 0 Å². The van der Waals surface area contributed by atoms with Crippen molar-refractivity contribution in [2.24, 2.45) is 5.92 Å². The summed E-state index contributed by atoms with van der Waals surface area (Å²) < 4.78 is 1.75. The second kappa shape index (κ2) is 6.49. The van der Waals surface area contributed by atoms with E-state index >= 15 is 0 Å². The Balaban J connectivity index is 1.52. The number of carbonyl (C=O) groups is 1. The minimum atomic E-state index is -0.237. The van der Waals surface area contributed by atoms with Crippen molar-refractivity contribution in [2.75, 3.05) is 13.1 Å². The second-order valence-corrected chi connectivity index (χ2v) is 5.26. The minimum Gasteiger partial charge on any atom is -0.347 e. The zero-order chi connectivity index (χ0) is 14.5. The Morgan fingerprint density at radius 2 is 2.48 bits per heavy atom. The van der Waals surface area contributed by atoms with Crippen LogP contribution in [0.15, 0.2) is 18.6 Å². The second-order valence-electron chi connectivity index (χ2n) is 5.26. The van der Waals surface area contributed by atoms with E-state index in [2.05, 4.69) is 30.9 Å². The van der Waals surface area contributed by atoms with Gasteiger partial charge < -0.3 is 15.6 Å². The molecule has 0 radical (unpaired) electrons. The molecule has 1 aliphatic heterocycles. The van der Waals surface area contributed by atoms with Crippen LogP contribution >= 0.6 is 0 Å². The van der Waals surface area contributed by atoms with Crippen LogP contribution in [-0.4, -0.2) is 44.0 Å². The first-order chi connectivity index (χ1) is 10.3. The van der Waals surface area contributed by atoms with E-state index in [0.717, 1.165) is 19.6 Å². The van der Waals surface area contributed by atoms with Gasteiger partial charge in [0.1, 0.15) is 5.82 Å². The maximum atomic E-state index is 12.0. The third kappa shape index (κ3) is 3.66. The Morgan fingerprint density at radius 3 is 3.24 bits per heavy atom. The normalized spacial score (nSPS) is 18.6. The topological polar surface area (TPSA) is 101 Å². The van der Waals surface area contributed by atoms with Crippen molar-refractivity contribution < 1.29 is 4.79 Å². The SMILES string of the molecule is O=C(NCc1ncc[nH]1)c1cn(C[C@H]2CCCNC2)nn1. The van der Waals surface area contributed by atoms with Crippen molar-refractivity contribution in [3.05, 3.63) is 30.1 Å². The molecule has 1 amide bonds. The van der Waals surface area contributed by atoms with Gasteiger partial charge in [0.05, 0.1) is 12.7 Å². The molecule has 0 bridgehead atoms. The van der Waals surface area contributed by atoms with E-state index in [-0.39, 0.29) is 5.91 Å². The molecule has 1 saturated heterocycles. The highest BCUT2D eigenvalue weighted by molar-refractivity contribution is 5.91. The number of aromatic nitrogens is 5. The first-order valence-electron chi connectivity index (χ1n) is 7.18. The number of carbonyl (C=O) groups excluding carboxylic acids is 1. The molecule has 3 heterocycles. The molecule has 1 atom stereocenters. The molecule has 1 aliphatic rings. The van der Waals surface area contributed by atoms with Gasteiger partial charge in [0.15, 0.2) is 5.69 Å². The third-order valence-electron chi connectivity index (χ3n) is 3.59. The van der Waals surface area contributed by atoms with Crippen LogP contribution in [-0.2, 0) is 13.1 Å². The number of H-pyrrole nitrogens is 1. The van der Waals surface area contributed by atoms with Gasteiger partial charge in [-0.05, 0) is 31.8 Å². The smallest absolute Gasteiger partial charge is 0.273 e. The van der Waals surface area contributed by atoms with Gasteiger partial charge in [-0.3, -0.25) is 9.48 Å². The quantitative estimate of drug-likeness (QED) is 0.715. The number of hydrogen-bond donors (Lipinski definition) is 3. The van der Waals surface area contributed by atoms with Crippen LogP contribution in [0.4, 0.5) is 0 Å². The molecule has 0 spiro atoms. The van der Waals surface area contributed by atoms with Gasteiger partial charge in [0.2, 0.25) is 0 Å². The van der Waals surface area contributed by atoms with Crippen molar-refractivity contribution >= 4 is 5.91 Å². The number of piperidine rings is 1. The highest BCUT2D eigenvalue weighted by atomic mass is 16.2. The van der Waals surface area contributed by atoms with Gasteiger partial charge in [-0.1, -0.05) is 5.21 Å². The molecule has 0 aromatic carbocycles. The number of imidazole rings is 1. The molecular weight excluding hydrogens is 270 g/mol. The van der Waals surface area contributed by atoms with Gasteiger partial charge in [0, 0.05) is 18.9 Å². The highest BCUT2D eigenvalue weighted by Crippen LogP contribution is 2.11. The van der Waals surface area contributed by atoms with Crippen LogP contribution in [0.25, 0.3) is 0 Å². The lowest BCUT2D eigenvalue weighted by Gasteiger charge is -2.22. The molecule has 3 rings (SSSR count). The van der Waals surface area contributed by atoms with Crippen LogP contribution in [0, 0.1) is 5.92 Å². The van der Waals surface area contributed by atoms with Crippen LogP contribution in [0.5, 0.6) is 0 Å². The number of amides is 1. The minimum absolute atomic E-state index is 0.237. The molecule has 8 nitrogen and oxygen atoms in total. The van der Waals surface area contributed by atoms with Gasteiger partial charge >= 0.3 is 0 Å². The first-order valence-corrected chi connectivity index (χ1v) is 7.18. The molecule has 112 valence electrons. The average Bonchev–Trinajstić information content (AvgIpc) is 3.17. The highest BCUT2D eigenvalue weighted by Gasteiger charge is 2.16. The van der Waals surface area contributed by atoms with E-state index in [1.54, 1.807) is 23.3 Å². The molecule has 8 heteroatoms. The van der Waals surface area contributed by atoms with Gasteiger partial charge in [-0.25, -0.2) is 4.98 Å². The Kier molecular flexibility index (Phi) is 4.25. The molecule has 0 aliphatic carbocycles. The molecular formula is C13H19N7O. The van der Waals surface area contributed by atoms with Crippen molar-refractivity contribution in [1.29, 1.82) is 0 Å². The van der Waals surface area contributed by atoms with Gasteiger partial charge in [0.25, 0.3) is 5.91 Å². The Bertz CT molecular complexity index is 571. The van der Waals surface area contributed by atoms with Gasteiger partial charge in [-0.15, -0.1) is 5.10 Å². The standard InChI is InChI=1S/C13H19N7O/c21-13(17-7-12-15-4-5-16-12)11-9-20(19-18-11)8-10-2-1-3-14-6-10/h4-5,9-10,14H,1-3,6-8H2,(H,15,16)(H,17,21)/t10-/m0/s1. The lowest BCUT2D eigenvalue weighted by atomic mass is 10.00. The third-order valence-corrected chi connectivity index (χ3v) is 3.59. The Labute approximate surface area is 122 Å². The summed E-state index contributed by atoms with van der Waals surface area (Å²) in [7, 11) is 0.